The molecule has 0 aliphatic heterocycles. The molecule has 4 atom stereocenters. The second-order valence-corrected chi connectivity index (χ2v) is 9.52. The first-order valence-electron chi connectivity index (χ1n) is 11.2. The number of benzene rings is 1. The van der Waals surface area contributed by atoms with Crippen LogP contribution in [0.4, 0.5) is 0 Å². The van der Waals surface area contributed by atoms with Crippen LogP contribution in [0.15, 0.2) is 34.8 Å². The van der Waals surface area contributed by atoms with E-state index in [0.717, 1.165) is 0 Å². The summed E-state index contributed by atoms with van der Waals surface area (Å²) in [6, 6.07) is 2.02. The van der Waals surface area contributed by atoms with Gasteiger partial charge in [-0.3, -0.25) is 19.3 Å². The van der Waals surface area contributed by atoms with E-state index in [4.69, 9.17) is 5.73 Å². The number of Topliss-reactive ketones (excluding diaryl/α,β-unsaturated/α-hetero) is 2. The van der Waals surface area contributed by atoms with Crippen molar-refractivity contribution in [3.63, 3.8) is 0 Å². The summed E-state index contributed by atoms with van der Waals surface area (Å²) in [6.07, 6.45) is 0.678. The molecule has 3 rings (SSSR count). The van der Waals surface area contributed by atoms with Crippen LogP contribution in [0.1, 0.15) is 59.9 Å². The van der Waals surface area contributed by atoms with Gasteiger partial charge in [0.15, 0.2) is 11.6 Å². The minimum absolute atomic E-state index is 0.00792. The van der Waals surface area contributed by atoms with Gasteiger partial charge in [-0.2, -0.15) is 0 Å². The lowest BCUT2D eigenvalue weighted by Gasteiger charge is -2.43. The quantitative estimate of drug-likeness (QED) is 0.247. The normalized spacial score (nSPS) is 28.7. The molecule has 0 fully saturated rings. The Morgan fingerprint density at radius 1 is 1.24 bits per heavy atom. The Morgan fingerprint density at radius 2 is 1.85 bits per heavy atom. The number of fused-ring (bicyclic) bond motifs is 1. The van der Waals surface area contributed by atoms with Crippen LogP contribution in [0.3, 0.4) is 0 Å². The molecule has 0 bridgehead atoms. The number of allylic oxidation sites excluding steroid dienone is 1. The van der Waals surface area contributed by atoms with Gasteiger partial charge in [0, 0.05) is 11.1 Å². The van der Waals surface area contributed by atoms with Crippen LogP contribution in [0, 0.1) is 11.8 Å². The van der Waals surface area contributed by atoms with E-state index in [-0.39, 0.29) is 41.3 Å². The van der Waals surface area contributed by atoms with E-state index in [1.165, 1.54) is 26.0 Å². The molecule has 34 heavy (non-hydrogen) atoms. The lowest BCUT2D eigenvalue weighted by molar-refractivity contribution is -0.118. The van der Waals surface area contributed by atoms with Gasteiger partial charge < -0.3 is 26.2 Å². The minimum Gasteiger partial charge on any atom is -0.511 e. The number of nitrogens with two attached hydrogens (primary N) is 1. The number of phenols is 1. The SMILES string of the molecule is CCC1Cc2c(C(C)=O)ccc(O)c2C(=O)/C1=C(\O)C1C[C@@H](N(C)C)C(O)=C(C(N)=O)C1(C)O. The van der Waals surface area contributed by atoms with E-state index >= 15 is 0 Å². The average molecular weight is 473 g/mol. The molecule has 0 radical (unpaired) electrons. The summed E-state index contributed by atoms with van der Waals surface area (Å²) in [5.74, 6) is -4.65. The molecule has 9 nitrogen and oxygen atoms in total. The number of ketones is 2. The van der Waals surface area contributed by atoms with E-state index in [9.17, 15) is 34.8 Å². The standard InChI is InChI=1S/C25H32N2O7/c1-6-12-9-14-13(11(2)28)7-8-17(29)19(14)23(32)18(12)21(30)15-10-16(27(4)5)22(31)20(24(26)33)25(15,3)34/h7-8,12,15-16,29-31,34H,6,9-10H2,1-5H3,(H2,26,33)/b21-18-/t12?,15?,16-,25?/m1/s1. The third kappa shape index (κ3) is 3.88. The highest BCUT2D eigenvalue weighted by molar-refractivity contribution is 6.15. The number of nitrogens with zero attached hydrogens (tertiary/aromatic N) is 1. The Balaban J connectivity index is 2.26. The van der Waals surface area contributed by atoms with Crippen molar-refractivity contribution in [3.05, 3.63) is 51.5 Å². The molecule has 9 heteroatoms. The predicted octanol–water partition coefficient (Wildman–Crippen LogP) is 2.17. The molecule has 3 unspecified atom stereocenters. The lowest BCUT2D eigenvalue weighted by atomic mass is 9.67. The van der Waals surface area contributed by atoms with Crippen LogP contribution < -0.4 is 5.73 Å². The fraction of sp³-hybridized carbons (Fsp3) is 0.480. The molecule has 6 N–H and O–H groups in total. The number of aliphatic hydroxyl groups is 3. The maximum absolute atomic E-state index is 13.6. The van der Waals surface area contributed by atoms with Crippen LogP contribution >= 0.6 is 0 Å². The number of rotatable bonds is 5. The molecular weight excluding hydrogens is 440 g/mol. The van der Waals surface area contributed by atoms with Crippen molar-refractivity contribution in [3.8, 4) is 5.75 Å². The largest absolute Gasteiger partial charge is 0.511 e. The predicted molar refractivity (Wildman–Crippen MR) is 125 cm³/mol. The van der Waals surface area contributed by atoms with Gasteiger partial charge in [-0.05, 0) is 70.8 Å². The van der Waals surface area contributed by atoms with E-state index < -0.39 is 46.5 Å². The van der Waals surface area contributed by atoms with Crippen LogP contribution in [0.2, 0.25) is 0 Å². The first-order chi connectivity index (χ1) is 15.7. The first-order valence-corrected chi connectivity index (χ1v) is 11.2. The molecular formula is C25H32N2O7. The maximum Gasteiger partial charge on any atom is 0.251 e. The molecule has 1 aromatic carbocycles. The molecule has 2 aliphatic rings. The molecule has 0 aromatic heterocycles. The van der Waals surface area contributed by atoms with Gasteiger partial charge in [0.05, 0.1) is 23.1 Å². The van der Waals surface area contributed by atoms with E-state index in [0.29, 0.717) is 17.5 Å². The Labute approximate surface area is 198 Å². The Morgan fingerprint density at radius 3 is 2.35 bits per heavy atom. The summed E-state index contributed by atoms with van der Waals surface area (Å²) in [4.78, 5) is 39.6. The molecule has 0 heterocycles. The maximum atomic E-state index is 13.6. The summed E-state index contributed by atoms with van der Waals surface area (Å²) >= 11 is 0. The third-order valence-corrected chi connectivity index (χ3v) is 7.18. The highest BCUT2D eigenvalue weighted by atomic mass is 16.3. The van der Waals surface area contributed by atoms with Gasteiger partial charge in [-0.1, -0.05) is 6.92 Å². The van der Waals surface area contributed by atoms with Crippen molar-refractivity contribution < 1.29 is 34.8 Å². The number of hydrogen-bond acceptors (Lipinski definition) is 8. The number of likely N-dealkylation sites (N-methyl/N-ethyl adjacent to an activating group) is 1. The monoisotopic (exact) mass is 472 g/mol. The fourth-order valence-corrected chi connectivity index (χ4v) is 5.33. The van der Waals surface area contributed by atoms with Crippen molar-refractivity contribution in [2.24, 2.45) is 17.6 Å². The highest BCUT2D eigenvalue weighted by Gasteiger charge is 2.51. The second kappa shape index (κ2) is 8.88. The summed E-state index contributed by atoms with van der Waals surface area (Å²) in [6.45, 7) is 4.48. The second-order valence-electron chi connectivity index (χ2n) is 9.52. The molecule has 1 aromatic rings. The summed E-state index contributed by atoms with van der Waals surface area (Å²) in [5, 5.41) is 43.9. The topological polar surface area (TPSA) is 161 Å². The van der Waals surface area contributed by atoms with Crippen molar-refractivity contribution in [2.45, 2.75) is 51.7 Å². The number of amides is 1. The van der Waals surface area contributed by atoms with E-state index in [1.807, 2.05) is 6.92 Å². The number of carbonyl (C=O) groups is 3. The van der Waals surface area contributed by atoms with Gasteiger partial charge in [0.1, 0.15) is 22.9 Å². The molecule has 1 amide bonds. The molecule has 184 valence electrons. The van der Waals surface area contributed by atoms with Crippen LogP contribution in [0.5, 0.6) is 5.75 Å². The third-order valence-electron chi connectivity index (χ3n) is 7.18. The summed E-state index contributed by atoms with van der Waals surface area (Å²) in [7, 11) is 3.33. The fourth-order valence-electron chi connectivity index (χ4n) is 5.33. The van der Waals surface area contributed by atoms with Gasteiger partial charge in [-0.15, -0.1) is 0 Å². The lowest BCUT2D eigenvalue weighted by Crippen LogP contribution is -2.52. The Hall–Kier alpha value is -3.17. The number of primary amides is 1. The van der Waals surface area contributed by atoms with E-state index in [1.54, 1.807) is 19.0 Å². The van der Waals surface area contributed by atoms with Crippen molar-refractivity contribution in [1.82, 2.24) is 4.90 Å². The zero-order valence-electron chi connectivity index (χ0n) is 20.0. The van der Waals surface area contributed by atoms with Crippen LogP contribution in [-0.4, -0.2) is 68.5 Å². The Bertz CT molecular complexity index is 1130. The number of carbonyl (C=O) groups excluding carboxylic acids is 3. The molecule has 2 aliphatic carbocycles. The van der Waals surface area contributed by atoms with Crippen molar-refractivity contribution >= 4 is 17.5 Å². The molecule has 0 saturated carbocycles. The first kappa shape index (κ1) is 25.5. The van der Waals surface area contributed by atoms with Gasteiger partial charge in [0.2, 0.25) is 0 Å². The average Bonchev–Trinajstić information content (AvgIpc) is 2.71. The smallest absolute Gasteiger partial charge is 0.251 e. The van der Waals surface area contributed by atoms with E-state index in [2.05, 4.69) is 0 Å². The minimum atomic E-state index is -2.05. The van der Waals surface area contributed by atoms with Crippen LogP contribution in [-0.2, 0) is 11.2 Å². The Kier molecular flexibility index (Phi) is 6.65. The number of hydrogen-bond donors (Lipinski definition) is 5. The van der Waals surface area contributed by atoms with Crippen LogP contribution in [0.25, 0.3) is 0 Å². The number of aliphatic hydroxyl groups excluding tert-OH is 2. The molecule has 0 saturated heterocycles. The van der Waals surface area contributed by atoms with Gasteiger partial charge >= 0.3 is 0 Å². The number of aromatic hydroxyl groups is 1. The van der Waals surface area contributed by atoms with Crippen molar-refractivity contribution in [1.29, 1.82) is 0 Å². The van der Waals surface area contributed by atoms with Gasteiger partial charge in [-0.25, -0.2) is 0 Å². The van der Waals surface area contributed by atoms with Crippen molar-refractivity contribution in [2.75, 3.05) is 14.1 Å². The zero-order valence-corrected chi connectivity index (χ0v) is 20.0. The highest BCUT2D eigenvalue weighted by Crippen LogP contribution is 2.46. The summed E-state index contributed by atoms with van der Waals surface area (Å²) in [5.41, 5.74) is 3.73. The summed E-state index contributed by atoms with van der Waals surface area (Å²) < 4.78 is 0. The molecule has 0 spiro atoms. The van der Waals surface area contributed by atoms with Gasteiger partial charge in [0.25, 0.3) is 5.91 Å². The zero-order chi connectivity index (χ0) is 25.7. The number of phenolic OH excluding ortho intramolecular Hbond substituents is 1.